The van der Waals surface area contributed by atoms with E-state index >= 15 is 0 Å². The molecule has 5 nitrogen and oxygen atoms in total. The number of aromatic amines is 1. The molecule has 0 amide bonds. The van der Waals surface area contributed by atoms with Gasteiger partial charge in [0, 0.05) is 16.0 Å². The first-order valence-corrected chi connectivity index (χ1v) is 6.55. The Kier molecular flexibility index (Phi) is 2.69. The third kappa shape index (κ3) is 1.85. The number of fused-ring (bicyclic) bond motifs is 1. The van der Waals surface area contributed by atoms with Gasteiger partial charge in [0.15, 0.2) is 0 Å². The molecule has 19 heavy (non-hydrogen) atoms. The molecule has 2 N–H and O–H groups in total. The van der Waals surface area contributed by atoms with Gasteiger partial charge in [-0.25, -0.2) is 4.79 Å². The van der Waals surface area contributed by atoms with Gasteiger partial charge in [0.2, 0.25) is 0 Å². The molecule has 0 saturated carbocycles. The number of H-pyrrole nitrogens is 1. The minimum absolute atomic E-state index is 0.0778. The molecule has 0 fully saturated rings. The molecule has 0 atom stereocenters. The molecule has 2 aromatic heterocycles. The molecule has 3 rings (SSSR count). The van der Waals surface area contributed by atoms with Crippen molar-refractivity contribution in [2.75, 3.05) is 0 Å². The Labute approximate surface area is 115 Å². The maximum absolute atomic E-state index is 11.9. The lowest BCUT2D eigenvalue weighted by atomic mass is 10.1. The van der Waals surface area contributed by atoms with Crippen LogP contribution < -0.4 is 11.2 Å². The topological polar surface area (TPSA) is 75.1 Å². The molecule has 7 heteroatoms. The quantitative estimate of drug-likeness (QED) is 0.676. The minimum atomic E-state index is -0.845. The molecule has 96 valence electrons. The lowest BCUT2D eigenvalue weighted by Crippen LogP contribution is -2.32. The Bertz CT molecular complexity index is 877. The molecule has 2 heterocycles. The van der Waals surface area contributed by atoms with Crippen LogP contribution in [0.15, 0.2) is 39.2 Å². The van der Waals surface area contributed by atoms with Crippen LogP contribution in [0.5, 0.6) is 0 Å². The molecule has 1 aromatic carbocycles. The van der Waals surface area contributed by atoms with Crippen LogP contribution >= 0.6 is 22.9 Å². The van der Waals surface area contributed by atoms with E-state index in [1.807, 2.05) is 0 Å². The summed E-state index contributed by atoms with van der Waals surface area (Å²) in [5.41, 5.74) is -0.132. The van der Waals surface area contributed by atoms with Crippen LogP contribution in [0.1, 0.15) is 0 Å². The second kappa shape index (κ2) is 4.25. The number of hydrogen-bond acceptors (Lipinski definition) is 4. The van der Waals surface area contributed by atoms with Gasteiger partial charge in [-0.05, 0) is 17.7 Å². The largest absolute Gasteiger partial charge is 0.421 e. The van der Waals surface area contributed by atoms with Gasteiger partial charge in [-0.2, -0.15) is 0 Å². The van der Waals surface area contributed by atoms with Crippen molar-refractivity contribution in [3.8, 4) is 11.1 Å². The molecular weight excluding hydrogens is 288 g/mol. The van der Waals surface area contributed by atoms with E-state index in [9.17, 15) is 14.8 Å². The minimum Gasteiger partial charge on any atom is -0.421 e. The number of hydrogen-bond donors (Lipinski definition) is 2. The maximum Gasteiger partial charge on any atom is 0.362 e. The first-order chi connectivity index (χ1) is 9.08. The highest BCUT2D eigenvalue weighted by atomic mass is 35.5. The van der Waals surface area contributed by atoms with Crippen LogP contribution in [0.25, 0.3) is 21.3 Å². The SMILES string of the molecule is O=c1[nH]c2scc(-c3ccc(Cl)cc3)c2c(=O)n1O. The van der Waals surface area contributed by atoms with Gasteiger partial charge in [0.25, 0.3) is 5.56 Å². The lowest BCUT2D eigenvalue weighted by molar-refractivity contribution is 0.162. The summed E-state index contributed by atoms with van der Waals surface area (Å²) in [6, 6.07) is 6.97. The molecule has 0 bridgehead atoms. The zero-order valence-corrected chi connectivity index (χ0v) is 11.0. The molecule has 0 aliphatic heterocycles. The highest BCUT2D eigenvalue weighted by Crippen LogP contribution is 2.30. The summed E-state index contributed by atoms with van der Waals surface area (Å²) < 4.78 is 0.0778. The highest BCUT2D eigenvalue weighted by Gasteiger charge is 2.14. The third-order valence-corrected chi connectivity index (χ3v) is 3.91. The fraction of sp³-hybridized carbons (Fsp3) is 0. The molecule has 0 radical (unpaired) electrons. The van der Waals surface area contributed by atoms with Gasteiger partial charge in [0.1, 0.15) is 4.83 Å². The summed E-state index contributed by atoms with van der Waals surface area (Å²) in [6.45, 7) is 0. The third-order valence-electron chi connectivity index (χ3n) is 2.77. The zero-order chi connectivity index (χ0) is 13.6. The molecule has 0 aliphatic rings. The molecule has 0 unspecified atom stereocenters. The molecular formula is C12H7ClN2O3S. The van der Waals surface area contributed by atoms with E-state index in [4.69, 9.17) is 11.6 Å². The smallest absolute Gasteiger partial charge is 0.362 e. The van der Waals surface area contributed by atoms with Crippen molar-refractivity contribution in [3.63, 3.8) is 0 Å². The summed E-state index contributed by atoms with van der Waals surface area (Å²) in [7, 11) is 0. The van der Waals surface area contributed by atoms with Crippen LogP contribution in [0.3, 0.4) is 0 Å². The second-order valence-electron chi connectivity index (χ2n) is 3.91. The van der Waals surface area contributed by atoms with Crippen molar-refractivity contribution >= 4 is 33.2 Å². The summed E-state index contributed by atoms with van der Waals surface area (Å²) in [5, 5.41) is 12.0. The van der Waals surface area contributed by atoms with Crippen molar-refractivity contribution in [1.82, 2.24) is 9.71 Å². The molecule has 0 spiro atoms. The van der Waals surface area contributed by atoms with Gasteiger partial charge in [0.05, 0.1) is 5.39 Å². The van der Waals surface area contributed by atoms with Gasteiger partial charge < -0.3 is 5.21 Å². The van der Waals surface area contributed by atoms with E-state index in [1.165, 1.54) is 11.3 Å². The first kappa shape index (κ1) is 12.0. The fourth-order valence-electron chi connectivity index (χ4n) is 1.85. The first-order valence-electron chi connectivity index (χ1n) is 5.29. The summed E-state index contributed by atoms with van der Waals surface area (Å²) in [5.74, 6) is 0. The van der Waals surface area contributed by atoms with Crippen LogP contribution in [0.4, 0.5) is 0 Å². The predicted octanol–water partition coefficient (Wildman–Crippen LogP) is 2.31. The normalized spacial score (nSPS) is 11.0. The van der Waals surface area contributed by atoms with Crippen molar-refractivity contribution in [3.05, 3.63) is 55.5 Å². The summed E-state index contributed by atoms with van der Waals surface area (Å²) in [6.07, 6.45) is 0. The average molecular weight is 295 g/mol. The van der Waals surface area contributed by atoms with E-state index in [0.717, 1.165) is 5.56 Å². The zero-order valence-electron chi connectivity index (χ0n) is 9.38. The van der Waals surface area contributed by atoms with E-state index in [1.54, 1.807) is 29.6 Å². The summed E-state index contributed by atoms with van der Waals surface area (Å²) >= 11 is 7.05. The van der Waals surface area contributed by atoms with Crippen LogP contribution in [-0.2, 0) is 0 Å². The van der Waals surface area contributed by atoms with Gasteiger partial charge in [-0.15, -0.1) is 11.3 Å². The summed E-state index contributed by atoms with van der Waals surface area (Å²) in [4.78, 5) is 26.1. The van der Waals surface area contributed by atoms with Crippen LogP contribution in [-0.4, -0.2) is 14.9 Å². The number of nitrogens with one attached hydrogen (secondary N) is 1. The number of nitrogens with zero attached hydrogens (tertiary/aromatic N) is 1. The molecule has 0 saturated heterocycles. The van der Waals surface area contributed by atoms with Crippen LogP contribution in [0.2, 0.25) is 5.02 Å². The number of aromatic nitrogens is 2. The second-order valence-corrected chi connectivity index (χ2v) is 5.22. The predicted molar refractivity (Wildman–Crippen MR) is 74.3 cm³/mol. The van der Waals surface area contributed by atoms with E-state index in [2.05, 4.69) is 4.98 Å². The van der Waals surface area contributed by atoms with E-state index in [-0.39, 0.29) is 10.1 Å². The average Bonchev–Trinajstić information content (AvgIpc) is 2.81. The molecule has 3 aromatic rings. The number of rotatable bonds is 1. The monoisotopic (exact) mass is 294 g/mol. The van der Waals surface area contributed by atoms with Crippen molar-refractivity contribution in [2.24, 2.45) is 0 Å². The Morgan fingerprint density at radius 3 is 2.58 bits per heavy atom. The number of halogens is 1. The Morgan fingerprint density at radius 2 is 1.89 bits per heavy atom. The Balaban J connectivity index is 2.38. The van der Waals surface area contributed by atoms with E-state index in [0.29, 0.717) is 15.4 Å². The Morgan fingerprint density at radius 1 is 1.21 bits per heavy atom. The van der Waals surface area contributed by atoms with Crippen molar-refractivity contribution in [2.45, 2.75) is 0 Å². The standard InChI is InChI=1S/C12H7ClN2O3S/c13-7-3-1-6(2-4-7)8-5-19-10-9(8)11(16)15(18)12(17)14-10/h1-5,18H,(H,14,17). The van der Waals surface area contributed by atoms with E-state index < -0.39 is 11.2 Å². The maximum atomic E-state index is 11.9. The van der Waals surface area contributed by atoms with Gasteiger partial charge in [-0.3, -0.25) is 9.78 Å². The Hall–Kier alpha value is -2.05. The lowest BCUT2D eigenvalue weighted by Gasteiger charge is -2.00. The number of thiophene rings is 1. The van der Waals surface area contributed by atoms with Crippen LogP contribution in [0, 0.1) is 0 Å². The van der Waals surface area contributed by atoms with Crippen molar-refractivity contribution < 1.29 is 5.21 Å². The number of benzene rings is 1. The van der Waals surface area contributed by atoms with Gasteiger partial charge >= 0.3 is 5.69 Å². The molecule has 0 aliphatic carbocycles. The van der Waals surface area contributed by atoms with Gasteiger partial charge in [-0.1, -0.05) is 28.5 Å². The van der Waals surface area contributed by atoms with Crippen molar-refractivity contribution in [1.29, 1.82) is 0 Å². The highest BCUT2D eigenvalue weighted by molar-refractivity contribution is 7.17. The fourth-order valence-corrected chi connectivity index (χ4v) is 2.93.